The molecule has 1 aromatic carbocycles. The first-order valence-corrected chi connectivity index (χ1v) is 5.64. The molecule has 0 aliphatic rings. The zero-order valence-corrected chi connectivity index (χ0v) is 9.80. The Kier molecular flexibility index (Phi) is 3.83. The van der Waals surface area contributed by atoms with Crippen LogP contribution < -0.4 is 4.74 Å². The van der Waals surface area contributed by atoms with E-state index in [1.165, 1.54) is 5.56 Å². The largest absolute Gasteiger partial charge is 0.491 e. The van der Waals surface area contributed by atoms with Crippen LogP contribution in [-0.4, -0.2) is 17.8 Å². The number of hydrogen-bond donors (Lipinski definition) is 1. The van der Waals surface area contributed by atoms with Crippen molar-refractivity contribution in [2.75, 3.05) is 6.61 Å². The minimum atomic E-state index is -0.553. The smallest absolute Gasteiger partial charge is 0.119 e. The quantitative estimate of drug-likeness (QED) is 0.861. The fraction of sp³-hybridized carbons (Fsp3) is 0.286. The maximum atomic E-state index is 9.75. The standard InChI is InChI=1S/C14H16O3/c1-11-4-6-13(7-5-11)17-10-12(15)9-14-3-2-8-16-14/h2-8,12,15H,9-10H2,1H3. The van der Waals surface area contributed by atoms with Crippen LogP contribution in [0.15, 0.2) is 47.1 Å². The van der Waals surface area contributed by atoms with Crippen molar-refractivity contribution in [2.24, 2.45) is 0 Å². The molecule has 0 aliphatic heterocycles. The van der Waals surface area contributed by atoms with Gasteiger partial charge in [0.15, 0.2) is 0 Å². The summed E-state index contributed by atoms with van der Waals surface area (Å²) in [6.07, 6.45) is 1.52. The molecule has 0 saturated carbocycles. The Morgan fingerprint density at radius 3 is 2.65 bits per heavy atom. The van der Waals surface area contributed by atoms with Gasteiger partial charge in [0.05, 0.1) is 12.4 Å². The molecule has 1 aromatic heterocycles. The van der Waals surface area contributed by atoms with Crippen molar-refractivity contribution in [3.05, 3.63) is 54.0 Å². The van der Waals surface area contributed by atoms with E-state index in [2.05, 4.69) is 0 Å². The lowest BCUT2D eigenvalue weighted by Gasteiger charge is -2.11. The van der Waals surface area contributed by atoms with E-state index in [-0.39, 0.29) is 6.61 Å². The molecule has 0 bridgehead atoms. The Bertz CT molecular complexity index is 431. The van der Waals surface area contributed by atoms with Crippen molar-refractivity contribution in [3.8, 4) is 5.75 Å². The lowest BCUT2D eigenvalue weighted by Crippen LogP contribution is -2.19. The molecule has 0 saturated heterocycles. The van der Waals surface area contributed by atoms with E-state index in [1.54, 1.807) is 6.26 Å². The van der Waals surface area contributed by atoms with Gasteiger partial charge in [0.1, 0.15) is 18.1 Å². The van der Waals surface area contributed by atoms with E-state index < -0.39 is 6.10 Å². The van der Waals surface area contributed by atoms with Crippen molar-refractivity contribution >= 4 is 0 Å². The predicted molar refractivity (Wildman–Crippen MR) is 65.1 cm³/mol. The number of benzene rings is 1. The van der Waals surface area contributed by atoms with Gasteiger partial charge >= 0.3 is 0 Å². The molecule has 17 heavy (non-hydrogen) atoms. The highest BCUT2D eigenvalue weighted by molar-refractivity contribution is 5.26. The van der Waals surface area contributed by atoms with Gasteiger partial charge in [0.2, 0.25) is 0 Å². The average Bonchev–Trinajstić information content (AvgIpc) is 2.81. The molecule has 0 spiro atoms. The predicted octanol–water partition coefficient (Wildman–Crippen LogP) is 2.57. The van der Waals surface area contributed by atoms with E-state index >= 15 is 0 Å². The van der Waals surface area contributed by atoms with Crippen molar-refractivity contribution in [1.82, 2.24) is 0 Å². The van der Waals surface area contributed by atoms with Gasteiger partial charge in [-0.25, -0.2) is 0 Å². The molecule has 3 heteroatoms. The van der Waals surface area contributed by atoms with E-state index in [0.717, 1.165) is 11.5 Å². The van der Waals surface area contributed by atoms with Gasteiger partial charge in [-0.3, -0.25) is 0 Å². The minimum Gasteiger partial charge on any atom is -0.491 e. The Morgan fingerprint density at radius 2 is 2.00 bits per heavy atom. The monoisotopic (exact) mass is 232 g/mol. The summed E-state index contributed by atoms with van der Waals surface area (Å²) < 4.78 is 10.6. The third-order valence-electron chi connectivity index (χ3n) is 2.48. The Labute approximate surface area is 101 Å². The van der Waals surface area contributed by atoms with Gasteiger partial charge < -0.3 is 14.3 Å². The summed E-state index contributed by atoms with van der Waals surface area (Å²) in [6.45, 7) is 2.29. The number of aryl methyl sites for hydroxylation is 1. The number of furan rings is 1. The van der Waals surface area contributed by atoms with Gasteiger partial charge in [0, 0.05) is 6.42 Å². The van der Waals surface area contributed by atoms with Crippen molar-refractivity contribution < 1.29 is 14.3 Å². The molecule has 0 amide bonds. The molecule has 1 N–H and O–H groups in total. The molecule has 0 fully saturated rings. The molecule has 1 unspecified atom stereocenters. The molecular weight excluding hydrogens is 216 g/mol. The second-order valence-corrected chi connectivity index (χ2v) is 4.06. The fourth-order valence-electron chi connectivity index (χ4n) is 1.55. The summed E-state index contributed by atoms with van der Waals surface area (Å²) >= 11 is 0. The van der Waals surface area contributed by atoms with E-state index in [0.29, 0.717) is 6.42 Å². The van der Waals surface area contributed by atoms with Crippen molar-refractivity contribution in [2.45, 2.75) is 19.4 Å². The number of rotatable bonds is 5. The molecule has 0 aliphatic carbocycles. The molecule has 1 heterocycles. The first-order valence-electron chi connectivity index (χ1n) is 5.64. The normalized spacial score (nSPS) is 12.4. The second-order valence-electron chi connectivity index (χ2n) is 4.06. The Hall–Kier alpha value is -1.74. The van der Waals surface area contributed by atoms with Crippen LogP contribution in [0.2, 0.25) is 0 Å². The van der Waals surface area contributed by atoms with Crippen LogP contribution in [0.1, 0.15) is 11.3 Å². The van der Waals surface area contributed by atoms with Crippen LogP contribution in [0.3, 0.4) is 0 Å². The summed E-state index contributed by atoms with van der Waals surface area (Å²) in [5.74, 6) is 1.54. The zero-order valence-electron chi connectivity index (χ0n) is 9.80. The molecule has 3 nitrogen and oxygen atoms in total. The van der Waals surface area contributed by atoms with E-state index in [9.17, 15) is 5.11 Å². The SMILES string of the molecule is Cc1ccc(OCC(O)Cc2ccco2)cc1. The summed E-state index contributed by atoms with van der Waals surface area (Å²) in [4.78, 5) is 0. The maximum Gasteiger partial charge on any atom is 0.119 e. The maximum absolute atomic E-state index is 9.75. The summed E-state index contributed by atoms with van der Waals surface area (Å²) in [5.41, 5.74) is 1.19. The van der Waals surface area contributed by atoms with Crippen LogP contribution in [0.5, 0.6) is 5.75 Å². The van der Waals surface area contributed by atoms with Crippen LogP contribution in [0, 0.1) is 6.92 Å². The number of aliphatic hydroxyl groups is 1. The van der Waals surface area contributed by atoms with Crippen molar-refractivity contribution in [1.29, 1.82) is 0 Å². The molecular formula is C14H16O3. The number of hydrogen-bond acceptors (Lipinski definition) is 3. The lowest BCUT2D eigenvalue weighted by molar-refractivity contribution is 0.103. The number of aliphatic hydroxyl groups excluding tert-OH is 1. The summed E-state index contributed by atoms with van der Waals surface area (Å²) in [5, 5.41) is 9.75. The van der Waals surface area contributed by atoms with Gasteiger partial charge in [-0.2, -0.15) is 0 Å². The molecule has 2 rings (SSSR count). The minimum absolute atomic E-state index is 0.268. The highest BCUT2D eigenvalue weighted by Crippen LogP contribution is 2.12. The topological polar surface area (TPSA) is 42.6 Å². The highest BCUT2D eigenvalue weighted by atomic mass is 16.5. The molecule has 90 valence electrons. The van der Waals surface area contributed by atoms with Gasteiger partial charge in [-0.1, -0.05) is 17.7 Å². The first-order chi connectivity index (χ1) is 8.24. The molecule has 1 atom stereocenters. The van der Waals surface area contributed by atoms with Gasteiger partial charge in [-0.15, -0.1) is 0 Å². The van der Waals surface area contributed by atoms with Crippen LogP contribution in [0.4, 0.5) is 0 Å². The van der Waals surface area contributed by atoms with Crippen molar-refractivity contribution in [3.63, 3.8) is 0 Å². The number of ether oxygens (including phenoxy) is 1. The van der Waals surface area contributed by atoms with Crippen LogP contribution >= 0.6 is 0 Å². The van der Waals surface area contributed by atoms with Gasteiger partial charge in [-0.05, 0) is 31.2 Å². The fourth-order valence-corrected chi connectivity index (χ4v) is 1.55. The zero-order chi connectivity index (χ0) is 12.1. The van der Waals surface area contributed by atoms with Crippen LogP contribution in [0.25, 0.3) is 0 Å². The first kappa shape index (κ1) is 11.7. The Morgan fingerprint density at radius 1 is 1.24 bits per heavy atom. The van der Waals surface area contributed by atoms with Crippen LogP contribution in [-0.2, 0) is 6.42 Å². The second kappa shape index (κ2) is 5.55. The Balaban J connectivity index is 1.79. The lowest BCUT2D eigenvalue weighted by atomic mass is 10.2. The molecule has 0 radical (unpaired) electrons. The third kappa shape index (κ3) is 3.64. The summed E-state index contributed by atoms with van der Waals surface area (Å²) in [6, 6.07) is 11.4. The highest BCUT2D eigenvalue weighted by Gasteiger charge is 2.08. The average molecular weight is 232 g/mol. The third-order valence-corrected chi connectivity index (χ3v) is 2.48. The summed E-state index contributed by atoms with van der Waals surface area (Å²) in [7, 11) is 0. The van der Waals surface area contributed by atoms with Gasteiger partial charge in [0.25, 0.3) is 0 Å². The molecule has 2 aromatic rings. The van der Waals surface area contributed by atoms with E-state index in [1.807, 2.05) is 43.3 Å². The van der Waals surface area contributed by atoms with E-state index in [4.69, 9.17) is 9.15 Å².